The van der Waals surface area contributed by atoms with Crippen LogP contribution < -0.4 is 10.6 Å². The molecule has 2 aromatic rings. The van der Waals surface area contributed by atoms with Crippen LogP contribution in [-0.4, -0.2) is 29.1 Å². The zero-order chi connectivity index (χ0) is 15.1. The summed E-state index contributed by atoms with van der Waals surface area (Å²) in [6.45, 7) is 2.30. The minimum absolute atomic E-state index is 0.0652. The lowest BCUT2D eigenvalue weighted by atomic mass is 10.1. The van der Waals surface area contributed by atoms with Crippen molar-refractivity contribution in [2.45, 2.75) is 32.4 Å². The molecule has 0 saturated heterocycles. The molecule has 1 aromatic carbocycles. The lowest BCUT2D eigenvalue weighted by Crippen LogP contribution is -2.25. The lowest BCUT2D eigenvalue weighted by Gasteiger charge is -2.04. The average molecular weight is 288 g/mol. The van der Waals surface area contributed by atoms with Crippen LogP contribution in [0.3, 0.4) is 0 Å². The van der Waals surface area contributed by atoms with Crippen molar-refractivity contribution < 1.29 is 9.32 Å². The van der Waals surface area contributed by atoms with E-state index in [9.17, 15) is 4.79 Å². The molecule has 0 radical (unpaired) electrons. The molecule has 0 aliphatic rings. The van der Waals surface area contributed by atoms with Gasteiger partial charge in [-0.25, -0.2) is 0 Å². The molecule has 1 aromatic heterocycles. The highest BCUT2D eigenvalue weighted by Gasteiger charge is 2.10. The summed E-state index contributed by atoms with van der Waals surface area (Å²) in [5, 5.41) is 9.77. The molecular weight excluding hydrogens is 268 g/mol. The summed E-state index contributed by atoms with van der Waals surface area (Å²) in [7, 11) is 1.88. The van der Waals surface area contributed by atoms with Crippen molar-refractivity contribution in [3.8, 4) is 0 Å². The Hall–Kier alpha value is -2.21. The average Bonchev–Trinajstić information content (AvgIpc) is 2.93. The van der Waals surface area contributed by atoms with Crippen LogP contribution in [0.5, 0.6) is 0 Å². The number of hydrogen-bond donors (Lipinski definition) is 2. The quantitative estimate of drug-likeness (QED) is 0.797. The lowest BCUT2D eigenvalue weighted by molar-refractivity contribution is -0.120. The third-order valence-electron chi connectivity index (χ3n) is 3.14. The summed E-state index contributed by atoms with van der Waals surface area (Å²) in [5.41, 5.74) is 0.976. The molecule has 0 fully saturated rings. The molecule has 1 heterocycles. The fourth-order valence-corrected chi connectivity index (χ4v) is 1.84. The van der Waals surface area contributed by atoms with Gasteiger partial charge >= 0.3 is 0 Å². The van der Waals surface area contributed by atoms with Crippen LogP contribution in [0.25, 0.3) is 0 Å². The van der Waals surface area contributed by atoms with Crippen molar-refractivity contribution in [1.29, 1.82) is 0 Å². The van der Waals surface area contributed by atoms with Crippen LogP contribution in [-0.2, 0) is 24.2 Å². The van der Waals surface area contributed by atoms with E-state index in [2.05, 4.69) is 20.8 Å². The van der Waals surface area contributed by atoms with Crippen molar-refractivity contribution in [1.82, 2.24) is 20.8 Å². The fourth-order valence-electron chi connectivity index (χ4n) is 1.84. The number of rotatable bonds is 7. The van der Waals surface area contributed by atoms with Gasteiger partial charge in [-0.2, -0.15) is 4.98 Å². The molecule has 0 aliphatic heterocycles. The Morgan fingerprint density at radius 2 is 2.10 bits per heavy atom. The van der Waals surface area contributed by atoms with Gasteiger partial charge in [0.1, 0.15) is 0 Å². The predicted molar refractivity (Wildman–Crippen MR) is 78.5 cm³/mol. The van der Waals surface area contributed by atoms with E-state index >= 15 is 0 Å². The molecule has 21 heavy (non-hydrogen) atoms. The van der Waals surface area contributed by atoms with Gasteiger partial charge in [0, 0.05) is 12.5 Å². The van der Waals surface area contributed by atoms with Crippen LogP contribution in [0.2, 0.25) is 0 Å². The minimum Gasteiger partial charge on any atom is -0.347 e. The number of likely N-dealkylation sites (N-methyl/N-ethyl adjacent to an activating group) is 1. The molecule has 0 saturated carbocycles. The third kappa shape index (κ3) is 5.00. The topological polar surface area (TPSA) is 80.0 Å². The number of benzene rings is 1. The van der Waals surface area contributed by atoms with Crippen molar-refractivity contribution in [3.63, 3.8) is 0 Å². The number of nitrogens with zero attached hydrogens (tertiary/aromatic N) is 2. The number of carbonyl (C=O) groups excluding carboxylic acids is 1. The monoisotopic (exact) mass is 288 g/mol. The van der Waals surface area contributed by atoms with E-state index in [1.165, 1.54) is 0 Å². The molecular formula is C15H20N4O2. The van der Waals surface area contributed by atoms with Crippen LogP contribution in [0.1, 0.15) is 24.2 Å². The normalized spacial score (nSPS) is 12.1. The van der Waals surface area contributed by atoms with Gasteiger partial charge in [0.05, 0.1) is 13.0 Å². The Kier molecular flexibility index (Phi) is 5.45. The first-order chi connectivity index (χ1) is 10.2. The van der Waals surface area contributed by atoms with Crippen molar-refractivity contribution in [3.05, 3.63) is 47.6 Å². The predicted octanol–water partition coefficient (Wildman–Crippen LogP) is 1.08. The molecule has 6 heteroatoms. The van der Waals surface area contributed by atoms with E-state index < -0.39 is 0 Å². The molecule has 1 unspecified atom stereocenters. The molecule has 1 atom stereocenters. The second-order valence-electron chi connectivity index (χ2n) is 4.94. The van der Waals surface area contributed by atoms with Crippen molar-refractivity contribution in [2.24, 2.45) is 0 Å². The van der Waals surface area contributed by atoms with E-state index in [-0.39, 0.29) is 18.5 Å². The number of amides is 1. The van der Waals surface area contributed by atoms with E-state index in [1.807, 2.05) is 44.3 Å². The Morgan fingerprint density at radius 1 is 1.33 bits per heavy atom. The summed E-state index contributed by atoms with van der Waals surface area (Å²) in [5.74, 6) is 1.00. The molecule has 6 nitrogen and oxygen atoms in total. The minimum atomic E-state index is -0.0652. The summed E-state index contributed by atoms with van der Waals surface area (Å²) in [6.07, 6.45) is 1.04. The molecule has 112 valence electrons. The molecule has 2 rings (SSSR count). The Labute approximate surface area is 123 Å². The maximum atomic E-state index is 11.8. The van der Waals surface area contributed by atoms with E-state index in [0.29, 0.717) is 24.6 Å². The summed E-state index contributed by atoms with van der Waals surface area (Å²) < 4.78 is 5.11. The maximum absolute atomic E-state index is 11.8. The molecule has 2 N–H and O–H groups in total. The number of hydrogen-bond acceptors (Lipinski definition) is 5. The van der Waals surface area contributed by atoms with Gasteiger partial charge in [0.15, 0.2) is 5.82 Å². The first kappa shape index (κ1) is 15.2. The van der Waals surface area contributed by atoms with E-state index in [4.69, 9.17) is 4.52 Å². The van der Waals surface area contributed by atoms with Gasteiger partial charge in [0.2, 0.25) is 11.8 Å². The highest BCUT2D eigenvalue weighted by Crippen LogP contribution is 2.02. The molecule has 0 spiro atoms. The summed E-state index contributed by atoms with van der Waals surface area (Å²) in [6, 6.07) is 9.87. The summed E-state index contributed by atoms with van der Waals surface area (Å²) in [4.78, 5) is 16.1. The fraction of sp³-hybridized carbons (Fsp3) is 0.400. The third-order valence-corrected chi connectivity index (χ3v) is 3.14. The van der Waals surface area contributed by atoms with Crippen molar-refractivity contribution in [2.75, 3.05) is 7.05 Å². The van der Waals surface area contributed by atoms with Crippen LogP contribution in [0.4, 0.5) is 0 Å². The zero-order valence-electron chi connectivity index (χ0n) is 12.3. The van der Waals surface area contributed by atoms with E-state index in [1.54, 1.807) is 0 Å². The highest BCUT2D eigenvalue weighted by molar-refractivity contribution is 5.78. The van der Waals surface area contributed by atoms with Gasteiger partial charge in [-0.1, -0.05) is 35.5 Å². The van der Waals surface area contributed by atoms with Gasteiger partial charge in [-0.3, -0.25) is 4.79 Å². The Bertz CT molecular complexity index is 568. The van der Waals surface area contributed by atoms with Gasteiger partial charge in [-0.15, -0.1) is 0 Å². The largest absolute Gasteiger partial charge is 0.347 e. The zero-order valence-corrected chi connectivity index (χ0v) is 12.3. The van der Waals surface area contributed by atoms with Gasteiger partial charge in [-0.05, 0) is 19.5 Å². The van der Waals surface area contributed by atoms with Gasteiger partial charge in [0.25, 0.3) is 0 Å². The maximum Gasteiger partial charge on any atom is 0.246 e. The number of carbonyl (C=O) groups is 1. The van der Waals surface area contributed by atoms with Crippen LogP contribution in [0, 0.1) is 0 Å². The Balaban J connectivity index is 1.79. The smallest absolute Gasteiger partial charge is 0.246 e. The summed E-state index contributed by atoms with van der Waals surface area (Å²) >= 11 is 0. The molecule has 0 bridgehead atoms. The van der Waals surface area contributed by atoms with Crippen LogP contribution in [0.15, 0.2) is 34.9 Å². The van der Waals surface area contributed by atoms with E-state index in [0.717, 1.165) is 5.56 Å². The number of nitrogens with one attached hydrogen (secondary N) is 2. The highest BCUT2D eigenvalue weighted by atomic mass is 16.5. The SMILES string of the molecule is CNC(C)Cc1noc(CNC(=O)Cc2ccccc2)n1. The van der Waals surface area contributed by atoms with Gasteiger partial charge < -0.3 is 15.2 Å². The van der Waals surface area contributed by atoms with Crippen molar-refractivity contribution >= 4 is 5.91 Å². The first-order valence-electron chi connectivity index (χ1n) is 6.96. The molecule has 1 amide bonds. The van der Waals surface area contributed by atoms with Crippen LogP contribution >= 0.6 is 0 Å². The number of aromatic nitrogens is 2. The molecule has 0 aliphatic carbocycles. The first-order valence-corrected chi connectivity index (χ1v) is 6.96. The second kappa shape index (κ2) is 7.54. The Morgan fingerprint density at radius 3 is 2.81 bits per heavy atom. The standard InChI is InChI=1S/C15H20N4O2/c1-11(16-2)8-13-18-15(21-19-13)10-17-14(20)9-12-6-4-3-5-7-12/h3-7,11,16H,8-10H2,1-2H3,(H,17,20). The second-order valence-corrected chi connectivity index (χ2v) is 4.94.